The van der Waals surface area contributed by atoms with Gasteiger partial charge in [-0.05, 0) is 24.3 Å². The maximum atomic E-state index is 11.7. The third-order valence-corrected chi connectivity index (χ3v) is 2.92. The molecule has 1 aromatic rings. The van der Waals surface area contributed by atoms with Crippen molar-refractivity contribution in [1.82, 2.24) is 5.32 Å². The molecule has 0 aliphatic carbocycles. The number of hydrogen-bond acceptors (Lipinski definition) is 5. The smallest absolute Gasteiger partial charge is 0.238 e. The van der Waals surface area contributed by atoms with Crippen molar-refractivity contribution in [1.29, 1.82) is 0 Å². The Balaban J connectivity index is 1.66. The van der Waals surface area contributed by atoms with Gasteiger partial charge in [-0.15, -0.1) is 0 Å². The lowest BCUT2D eigenvalue weighted by molar-refractivity contribution is -0.116. The van der Waals surface area contributed by atoms with E-state index in [-0.39, 0.29) is 18.6 Å². The van der Waals surface area contributed by atoms with Crippen LogP contribution in [-0.4, -0.2) is 52.0 Å². The minimum atomic E-state index is -0.0908. The van der Waals surface area contributed by atoms with Gasteiger partial charge in [0, 0.05) is 12.2 Å². The second-order valence-corrected chi connectivity index (χ2v) is 4.48. The summed E-state index contributed by atoms with van der Waals surface area (Å²) in [5.74, 6) is 0.669. The number of methoxy groups -OCH3 is 1. The highest BCUT2D eigenvalue weighted by Crippen LogP contribution is 2.14. The summed E-state index contributed by atoms with van der Waals surface area (Å²) in [6.45, 7) is 2.69. The molecular formula is C14H20N2O4. The highest BCUT2D eigenvalue weighted by atomic mass is 16.6. The monoisotopic (exact) mass is 280 g/mol. The van der Waals surface area contributed by atoms with Crippen molar-refractivity contribution in [2.45, 2.75) is 6.10 Å². The summed E-state index contributed by atoms with van der Waals surface area (Å²) in [6, 6.07) is 7.20. The second kappa shape index (κ2) is 7.84. The van der Waals surface area contributed by atoms with E-state index in [1.807, 2.05) is 0 Å². The van der Waals surface area contributed by atoms with Gasteiger partial charge >= 0.3 is 0 Å². The number of hydrogen-bond donors (Lipinski definition) is 2. The molecule has 1 aromatic carbocycles. The summed E-state index contributed by atoms with van der Waals surface area (Å²) in [6.07, 6.45) is 0.0255. The zero-order chi connectivity index (χ0) is 14.2. The van der Waals surface area contributed by atoms with Gasteiger partial charge in [0.1, 0.15) is 5.75 Å². The van der Waals surface area contributed by atoms with Crippen LogP contribution in [0, 0.1) is 0 Å². The van der Waals surface area contributed by atoms with E-state index < -0.39 is 0 Å². The highest BCUT2D eigenvalue weighted by Gasteiger charge is 2.14. The maximum Gasteiger partial charge on any atom is 0.238 e. The third-order valence-electron chi connectivity index (χ3n) is 2.92. The fourth-order valence-corrected chi connectivity index (χ4v) is 1.88. The molecule has 0 saturated carbocycles. The van der Waals surface area contributed by atoms with Crippen LogP contribution in [-0.2, 0) is 14.3 Å². The summed E-state index contributed by atoms with van der Waals surface area (Å²) >= 11 is 0. The van der Waals surface area contributed by atoms with Crippen LogP contribution < -0.4 is 15.4 Å². The van der Waals surface area contributed by atoms with E-state index in [0.29, 0.717) is 26.4 Å². The number of carbonyl (C=O) groups is 1. The molecule has 0 bridgehead atoms. The van der Waals surface area contributed by atoms with Crippen molar-refractivity contribution in [3.8, 4) is 5.75 Å². The van der Waals surface area contributed by atoms with Crippen molar-refractivity contribution < 1.29 is 19.0 Å². The Morgan fingerprint density at radius 3 is 2.80 bits per heavy atom. The minimum absolute atomic E-state index is 0.0255. The van der Waals surface area contributed by atoms with Crippen LogP contribution in [0.4, 0.5) is 5.69 Å². The molecule has 1 saturated heterocycles. The molecule has 1 amide bonds. The van der Waals surface area contributed by atoms with E-state index >= 15 is 0 Å². The predicted octanol–water partition coefficient (Wildman–Crippen LogP) is 0.639. The summed E-state index contributed by atoms with van der Waals surface area (Å²) in [5, 5.41) is 5.86. The number of ether oxygens (including phenoxy) is 3. The van der Waals surface area contributed by atoms with Gasteiger partial charge in [-0.1, -0.05) is 0 Å². The van der Waals surface area contributed by atoms with Crippen LogP contribution in [0.3, 0.4) is 0 Å². The first-order chi connectivity index (χ1) is 9.78. The molecule has 1 aliphatic heterocycles. The topological polar surface area (TPSA) is 68.8 Å². The zero-order valence-electron chi connectivity index (χ0n) is 11.6. The first-order valence-electron chi connectivity index (χ1n) is 6.62. The van der Waals surface area contributed by atoms with Crippen LogP contribution in [0.2, 0.25) is 0 Å². The summed E-state index contributed by atoms with van der Waals surface area (Å²) in [4.78, 5) is 11.7. The van der Waals surface area contributed by atoms with Gasteiger partial charge in [0.15, 0.2) is 0 Å². The van der Waals surface area contributed by atoms with Crippen LogP contribution in [0.1, 0.15) is 0 Å². The first-order valence-corrected chi connectivity index (χ1v) is 6.62. The molecule has 1 unspecified atom stereocenters. The molecule has 110 valence electrons. The van der Waals surface area contributed by atoms with E-state index in [9.17, 15) is 4.79 Å². The van der Waals surface area contributed by atoms with Gasteiger partial charge in [0.05, 0.1) is 39.6 Å². The molecule has 6 nitrogen and oxygen atoms in total. The average molecular weight is 280 g/mol. The van der Waals surface area contributed by atoms with Gasteiger partial charge in [-0.25, -0.2) is 0 Å². The fourth-order valence-electron chi connectivity index (χ4n) is 1.88. The predicted molar refractivity (Wildman–Crippen MR) is 75.1 cm³/mol. The summed E-state index contributed by atoms with van der Waals surface area (Å²) in [7, 11) is 1.61. The van der Waals surface area contributed by atoms with Crippen LogP contribution in [0.5, 0.6) is 5.75 Å². The van der Waals surface area contributed by atoms with Gasteiger partial charge in [-0.2, -0.15) is 0 Å². The zero-order valence-corrected chi connectivity index (χ0v) is 11.6. The van der Waals surface area contributed by atoms with Crippen LogP contribution in [0.25, 0.3) is 0 Å². The Kier molecular flexibility index (Phi) is 5.79. The van der Waals surface area contributed by atoms with E-state index in [1.165, 1.54) is 0 Å². The van der Waals surface area contributed by atoms with Crippen molar-refractivity contribution in [3.63, 3.8) is 0 Å². The molecule has 0 radical (unpaired) electrons. The van der Waals surface area contributed by atoms with Gasteiger partial charge in [-0.3, -0.25) is 4.79 Å². The minimum Gasteiger partial charge on any atom is -0.497 e. The van der Waals surface area contributed by atoms with Crippen molar-refractivity contribution in [3.05, 3.63) is 24.3 Å². The number of nitrogens with one attached hydrogen (secondary N) is 2. The molecule has 2 N–H and O–H groups in total. The molecule has 0 aromatic heterocycles. The Morgan fingerprint density at radius 1 is 1.35 bits per heavy atom. The SMILES string of the molecule is COc1ccc(NC(=O)CNCC2COCCO2)cc1. The van der Waals surface area contributed by atoms with E-state index in [2.05, 4.69) is 10.6 Å². The molecular weight excluding hydrogens is 260 g/mol. The Labute approximate surface area is 118 Å². The maximum absolute atomic E-state index is 11.7. The molecule has 1 fully saturated rings. The van der Waals surface area contributed by atoms with E-state index in [0.717, 1.165) is 11.4 Å². The molecule has 1 atom stereocenters. The third kappa shape index (κ3) is 4.80. The number of amides is 1. The van der Waals surface area contributed by atoms with Crippen LogP contribution >= 0.6 is 0 Å². The van der Waals surface area contributed by atoms with E-state index in [1.54, 1.807) is 31.4 Å². The largest absolute Gasteiger partial charge is 0.497 e. The lowest BCUT2D eigenvalue weighted by Gasteiger charge is -2.23. The summed E-state index contributed by atoms with van der Waals surface area (Å²) < 4.78 is 15.8. The molecule has 1 heterocycles. The molecule has 6 heteroatoms. The van der Waals surface area contributed by atoms with E-state index in [4.69, 9.17) is 14.2 Å². The molecule has 20 heavy (non-hydrogen) atoms. The standard InChI is InChI=1S/C14H20N2O4/c1-18-12-4-2-11(3-5-12)16-14(17)9-15-8-13-10-19-6-7-20-13/h2-5,13,15H,6-10H2,1H3,(H,16,17). The lowest BCUT2D eigenvalue weighted by atomic mass is 10.3. The fraction of sp³-hybridized carbons (Fsp3) is 0.500. The van der Waals surface area contributed by atoms with Crippen molar-refractivity contribution in [2.75, 3.05) is 45.3 Å². The van der Waals surface area contributed by atoms with Crippen molar-refractivity contribution in [2.24, 2.45) is 0 Å². The molecule has 1 aliphatic rings. The second-order valence-electron chi connectivity index (χ2n) is 4.48. The summed E-state index contributed by atoms with van der Waals surface area (Å²) in [5.41, 5.74) is 0.745. The quantitative estimate of drug-likeness (QED) is 0.800. The number of benzene rings is 1. The lowest BCUT2D eigenvalue weighted by Crippen LogP contribution is -2.40. The average Bonchev–Trinajstić information content (AvgIpc) is 2.49. The van der Waals surface area contributed by atoms with Crippen LogP contribution in [0.15, 0.2) is 24.3 Å². The number of rotatable bonds is 6. The van der Waals surface area contributed by atoms with Gasteiger partial charge in [0.25, 0.3) is 0 Å². The first kappa shape index (κ1) is 14.8. The Bertz CT molecular complexity index is 416. The van der Waals surface area contributed by atoms with Gasteiger partial charge in [0.2, 0.25) is 5.91 Å². The Hall–Kier alpha value is -1.63. The Morgan fingerprint density at radius 2 is 2.15 bits per heavy atom. The number of carbonyl (C=O) groups excluding carboxylic acids is 1. The highest BCUT2D eigenvalue weighted by molar-refractivity contribution is 5.92. The normalized spacial score (nSPS) is 18.6. The molecule has 0 spiro atoms. The van der Waals surface area contributed by atoms with Crippen molar-refractivity contribution >= 4 is 11.6 Å². The van der Waals surface area contributed by atoms with Gasteiger partial charge < -0.3 is 24.8 Å². The number of anilines is 1. The molecule has 2 rings (SSSR count).